The number of benzene rings is 1. The lowest BCUT2D eigenvalue weighted by Gasteiger charge is -2.14. The van der Waals surface area contributed by atoms with E-state index in [0.29, 0.717) is 34.7 Å². The number of carbonyl (C=O) groups excluding carboxylic acids is 1. The second-order valence-corrected chi connectivity index (χ2v) is 8.42. The molecule has 0 amide bonds. The van der Waals surface area contributed by atoms with Gasteiger partial charge in [0.15, 0.2) is 16.5 Å². The number of methoxy groups -OCH3 is 1. The van der Waals surface area contributed by atoms with Crippen LogP contribution in [0, 0.1) is 12.8 Å². The van der Waals surface area contributed by atoms with E-state index < -0.39 is 5.97 Å². The van der Waals surface area contributed by atoms with Gasteiger partial charge in [0.25, 0.3) is 5.56 Å². The van der Waals surface area contributed by atoms with Crippen molar-refractivity contribution in [3.8, 4) is 11.5 Å². The van der Waals surface area contributed by atoms with Crippen LogP contribution in [0.3, 0.4) is 0 Å². The standard InChI is InChI=1S/C21H23ClN2O5S/c1-12(2)5-6-28-19-16(22)7-14(8-17(19)27-4)20(26)29-10-15-9-18(25)24-13(3)11-30-21(24)23-15/h7-9,11-12H,5-6,10H2,1-4H3. The number of esters is 1. The summed E-state index contributed by atoms with van der Waals surface area (Å²) in [5.41, 5.74) is 1.20. The van der Waals surface area contributed by atoms with Crippen molar-refractivity contribution in [1.82, 2.24) is 9.38 Å². The fourth-order valence-electron chi connectivity index (χ4n) is 2.77. The summed E-state index contributed by atoms with van der Waals surface area (Å²) >= 11 is 7.66. The predicted molar refractivity (Wildman–Crippen MR) is 116 cm³/mol. The van der Waals surface area contributed by atoms with Gasteiger partial charge in [0, 0.05) is 17.1 Å². The lowest BCUT2D eigenvalue weighted by molar-refractivity contribution is 0.0467. The van der Waals surface area contributed by atoms with Gasteiger partial charge in [-0.1, -0.05) is 25.4 Å². The van der Waals surface area contributed by atoms with E-state index in [-0.39, 0.29) is 22.8 Å². The maximum Gasteiger partial charge on any atom is 0.338 e. The number of aryl methyl sites for hydroxylation is 1. The number of nitrogens with zero attached hydrogens (tertiary/aromatic N) is 2. The Labute approximate surface area is 183 Å². The van der Waals surface area contributed by atoms with Gasteiger partial charge in [0.05, 0.1) is 30.0 Å². The van der Waals surface area contributed by atoms with E-state index in [4.69, 9.17) is 25.8 Å². The Morgan fingerprint density at radius 1 is 1.30 bits per heavy atom. The SMILES string of the molecule is COc1cc(C(=O)OCc2cc(=O)n3c(C)csc3n2)cc(Cl)c1OCCC(C)C. The minimum absolute atomic E-state index is 0.131. The van der Waals surface area contributed by atoms with Crippen LogP contribution < -0.4 is 15.0 Å². The van der Waals surface area contributed by atoms with Crippen LogP contribution in [0.25, 0.3) is 4.96 Å². The summed E-state index contributed by atoms with van der Waals surface area (Å²) in [5.74, 6) is 0.630. The third-order valence-electron chi connectivity index (χ3n) is 4.39. The summed E-state index contributed by atoms with van der Waals surface area (Å²) < 4.78 is 17.9. The molecule has 0 spiro atoms. The molecule has 3 rings (SSSR count). The molecular formula is C21H23ClN2O5S. The average molecular weight is 451 g/mol. The highest BCUT2D eigenvalue weighted by molar-refractivity contribution is 7.15. The molecule has 0 aliphatic carbocycles. The van der Waals surface area contributed by atoms with Crippen LogP contribution in [0.4, 0.5) is 0 Å². The molecule has 0 aliphatic heterocycles. The van der Waals surface area contributed by atoms with E-state index in [1.54, 1.807) is 0 Å². The first kappa shape index (κ1) is 22.1. The highest BCUT2D eigenvalue weighted by Crippen LogP contribution is 2.37. The van der Waals surface area contributed by atoms with Crippen LogP contribution in [0.15, 0.2) is 28.4 Å². The van der Waals surface area contributed by atoms with E-state index in [9.17, 15) is 9.59 Å². The van der Waals surface area contributed by atoms with Gasteiger partial charge in [-0.3, -0.25) is 9.20 Å². The average Bonchev–Trinajstić information content (AvgIpc) is 3.08. The Hall–Kier alpha value is -2.58. The maximum absolute atomic E-state index is 12.5. The Bertz CT molecular complexity index is 1120. The highest BCUT2D eigenvalue weighted by Gasteiger charge is 2.18. The first-order valence-corrected chi connectivity index (χ1v) is 10.7. The molecule has 0 saturated heterocycles. The molecule has 0 aliphatic rings. The van der Waals surface area contributed by atoms with Gasteiger partial charge in [-0.15, -0.1) is 11.3 Å². The molecule has 30 heavy (non-hydrogen) atoms. The summed E-state index contributed by atoms with van der Waals surface area (Å²) in [4.78, 5) is 29.7. The zero-order chi connectivity index (χ0) is 21.8. The van der Waals surface area contributed by atoms with Gasteiger partial charge < -0.3 is 14.2 Å². The van der Waals surface area contributed by atoms with E-state index in [2.05, 4.69) is 18.8 Å². The van der Waals surface area contributed by atoms with Gasteiger partial charge in [0.1, 0.15) is 6.61 Å². The van der Waals surface area contributed by atoms with Gasteiger partial charge in [-0.2, -0.15) is 0 Å². The van der Waals surface area contributed by atoms with Gasteiger partial charge in [0.2, 0.25) is 0 Å². The number of halogens is 1. The largest absolute Gasteiger partial charge is 0.493 e. The molecule has 0 N–H and O–H groups in total. The molecule has 160 valence electrons. The summed E-state index contributed by atoms with van der Waals surface area (Å²) in [6.07, 6.45) is 0.865. The first-order chi connectivity index (χ1) is 14.3. The molecule has 2 heterocycles. The third kappa shape index (κ3) is 4.94. The number of aromatic nitrogens is 2. The lowest BCUT2D eigenvalue weighted by atomic mass is 10.1. The fraction of sp³-hybridized carbons (Fsp3) is 0.381. The zero-order valence-electron chi connectivity index (χ0n) is 17.2. The Morgan fingerprint density at radius 2 is 2.07 bits per heavy atom. The minimum Gasteiger partial charge on any atom is -0.493 e. The van der Waals surface area contributed by atoms with Gasteiger partial charge in [-0.25, -0.2) is 9.78 Å². The topological polar surface area (TPSA) is 79.1 Å². The van der Waals surface area contributed by atoms with Crippen LogP contribution in [0.1, 0.15) is 42.0 Å². The zero-order valence-corrected chi connectivity index (χ0v) is 18.8. The summed E-state index contributed by atoms with van der Waals surface area (Å²) in [5, 5.41) is 2.11. The van der Waals surface area contributed by atoms with Crippen molar-refractivity contribution in [3.05, 3.63) is 55.9 Å². The summed E-state index contributed by atoms with van der Waals surface area (Å²) in [7, 11) is 1.48. The molecule has 1 aromatic carbocycles. The van der Waals surface area contributed by atoms with Crippen LogP contribution in [0.2, 0.25) is 5.02 Å². The quantitative estimate of drug-likeness (QED) is 0.470. The van der Waals surface area contributed by atoms with Crippen LogP contribution in [-0.4, -0.2) is 29.1 Å². The molecular weight excluding hydrogens is 428 g/mol. The van der Waals surface area contributed by atoms with Crippen LogP contribution in [0.5, 0.6) is 11.5 Å². The molecule has 0 bridgehead atoms. The highest BCUT2D eigenvalue weighted by atomic mass is 35.5. The molecule has 3 aromatic rings. The van der Waals surface area contributed by atoms with Crippen LogP contribution in [-0.2, 0) is 11.3 Å². The van der Waals surface area contributed by atoms with Crippen molar-refractivity contribution < 1.29 is 19.0 Å². The van der Waals surface area contributed by atoms with E-state index in [1.807, 2.05) is 12.3 Å². The van der Waals surface area contributed by atoms with Crippen LogP contribution >= 0.6 is 22.9 Å². The van der Waals surface area contributed by atoms with E-state index in [1.165, 1.54) is 41.0 Å². The Morgan fingerprint density at radius 3 is 2.77 bits per heavy atom. The fourth-order valence-corrected chi connectivity index (χ4v) is 3.93. The second-order valence-electron chi connectivity index (χ2n) is 7.18. The number of rotatable bonds is 8. The van der Waals surface area contributed by atoms with Crippen molar-refractivity contribution in [3.63, 3.8) is 0 Å². The van der Waals surface area contributed by atoms with E-state index in [0.717, 1.165) is 12.1 Å². The number of thiazole rings is 1. The number of hydrogen-bond donors (Lipinski definition) is 0. The normalized spacial score (nSPS) is 11.1. The Balaban J connectivity index is 1.73. The van der Waals surface area contributed by atoms with E-state index >= 15 is 0 Å². The molecule has 0 unspecified atom stereocenters. The van der Waals surface area contributed by atoms with Gasteiger partial charge >= 0.3 is 5.97 Å². The smallest absolute Gasteiger partial charge is 0.338 e. The monoisotopic (exact) mass is 450 g/mol. The molecule has 9 heteroatoms. The van der Waals surface area contributed by atoms with Crippen molar-refractivity contribution in [2.75, 3.05) is 13.7 Å². The number of ether oxygens (including phenoxy) is 3. The molecule has 0 fully saturated rings. The van der Waals surface area contributed by atoms with Crippen molar-refractivity contribution in [2.45, 2.75) is 33.8 Å². The molecule has 7 nitrogen and oxygen atoms in total. The first-order valence-electron chi connectivity index (χ1n) is 9.44. The molecule has 2 aromatic heterocycles. The molecule has 0 radical (unpaired) electrons. The van der Waals surface area contributed by atoms with Gasteiger partial charge in [-0.05, 0) is 31.4 Å². The lowest BCUT2D eigenvalue weighted by Crippen LogP contribution is -2.16. The van der Waals surface area contributed by atoms with Crippen molar-refractivity contribution in [1.29, 1.82) is 0 Å². The maximum atomic E-state index is 12.5. The minimum atomic E-state index is -0.603. The number of carbonyl (C=O) groups is 1. The second kappa shape index (κ2) is 9.49. The Kier molecular flexibility index (Phi) is 6.99. The number of hydrogen-bond acceptors (Lipinski definition) is 7. The predicted octanol–water partition coefficient (Wildman–Crippen LogP) is 4.51. The number of fused-ring (bicyclic) bond motifs is 1. The van der Waals surface area contributed by atoms with Crippen molar-refractivity contribution >= 4 is 33.9 Å². The molecule has 0 atom stereocenters. The summed E-state index contributed by atoms with van der Waals surface area (Å²) in [6, 6.07) is 4.36. The molecule has 0 saturated carbocycles. The third-order valence-corrected chi connectivity index (χ3v) is 5.61. The van der Waals surface area contributed by atoms with Crippen molar-refractivity contribution in [2.24, 2.45) is 5.92 Å². The summed E-state index contributed by atoms with van der Waals surface area (Å²) in [6.45, 7) is 6.39.